The monoisotopic (exact) mass is 271 g/mol. The fourth-order valence-electron chi connectivity index (χ4n) is 1.72. The van der Waals surface area contributed by atoms with Crippen molar-refractivity contribution in [3.8, 4) is 0 Å². The lowest BCUT2D eigenvalue weighted by Gasteiger charge is -2.04. The molecule has 0 heterocycles. The van der Waals surface area contributed by atoms with Crippen molar-refractivity contribution in [3.63, 3.8) is 0 Å². The van der Waals surface area contributed by atoms with E-state index in [1.165, 1.54) is 6.34 Å². The van der Waals surface area contributed by atoms with E-state index in [-0.39, 0.29) is 5.91 Å². The Labute approximate surface area is 116 Å². The molecule has 0 aromatic carbocycles. The van der Waals surface area contributed by atoms with E-state index in [1.807, 2.05) is 0 Å². The third-order valence-corrected chi connectivity index (χ3v) is 2.81. The fraction of sp³-hybridized carbons (Fsp3) is 0.846. The number of unbranched alkanes of at least 4 members (excludes halogenated alkanes) is 5. The number of hydrogen-bond acceptors (Lipinski definition) is 4. The van der Waals surface area contributed by atoms with Gasteiger partial charge in [-0.3, -0.25) is 9.79 Å². The minimum atomic E-state index is 0.158. The number of hydrogen-bond donors (Lipinski definition) is 4. The molecule has 0 saturated carbocycles. The van der Waals surface area contributed by atoms with Crippen LogP contribution < -0.4 is 22.3 Å². The minimum absolute atomic E-state index is 0.158. The van der Waals surface area contributed by atoms with Gasteiger partial charge in [-0.25, -0.2) is 5.84 Å². The van der Waals surface area contributed by atoms with Gasteiger partial charge < -0.3 is 16.5 Å². The summed E-state index contributed by atoms with van der Waals surface area (Å²) in [6.45, 7) is 2.31. The summed E-state index contributed by atoms with van der Waals surface area (Å²) in [5.41, 5.74) is 7.77. The first-order chi connectivity index (χ1) is 9.31. The zero-order chi connectivity index (χ0) is 14.2. The lowest BCUT2D eigenvalue weighted by molar-refractivity contribution is -0.121. The van der Waals surface area contributed by atoms with E-state index in [4.69, 9.17) is 11.6 Å². The van der Waals surface area contributed by atoms with Crippen molar-refractivity contribution >= 4 is 12.2 Å². The van der Waals surface area contributed by atoms with Crippen LogP contribution in [0.5, 0.6) is 0 Å². The first-order valence-corrected chi connectivity index (χ1v) is 7.22. The summed E-state index contributed by atoms with van der Waals surface area (Å²) < 4.78 is 0. The van der Waals surface area contributed by atoms with Crippen LogP contribution in [-0.4, -0.2) is 31.9 Å². The highest BCUT2D eigenvalue weighted by atomic mass is 16.1. The van der Waals surface area contributed by atoms with E-state index in [0.717, 1.165) is 64.6 Å². The summed E-state index contributed by atoms with van der Waals surface area (Å²) in [4.78, 5) is 15.5. The maximum atomic E-state index is 11.5. The maximum Gasteiger partial charge on any atom is 0.219 e. The van der Waals surface area contributed by atoms with E-state index in [2.05, 4.69) is 15.7 Å². The largest absolute Gasteiger partial charge is 0.356 e. The van der Waals surface area contributed by atoms with Crippen LogP contribution in [-0.2, 0) is 4.79 Å². The standard InChI is InChI=1S/C13H29N5O/c14-9-5-1-2-7-11-17-13(19)8-4-3-6-10-16-12-18-15/h12H,1-11,14-15H2,(H,16,18)(H,17,19). The number of rotatable bonds is 13. The van der Waals surface area contributed by atoms with Crippen molar-refractivity contribution in [3.05, 3.63) is 0 Å². The van der Waals surface area contributed by atoms with Crippen LogP contribution in [0.3, 0.4) is 0 Å². The van der Waals surface area contributed by atoms with Crippen molar-refractivity contribution in [2.45, 2.75) is 51.4 Å². The van der Waals surface area contributed by atoms with Crippen LogP contribution >= 0.6 is 0 Å². The molecule has 0 aromatic heterocycles. The van der Waals surface area contributed by atoms with Gasteiger partial charge in [-0.05, 0) is 32.2 Å². The van der Waals surface area contributed by atoms with Gasteiger partial charge in [-0.2, -0.15) is 0 Å². The Morgan fingerprint density at radius 1 is 1.05 bits per heavy atom. The van der Waals surface area contributed by atoms with Gasteiger partial charge >= 0.3 is 0 Å². The van der Waals surface area contributed by atoms with Crippen molar-refractivity contribution in [1.82, 2.24) is 10.7 Å². The first-order valence-electron chi connectivity index (χ1n) is 7.22. The lowest BCUT2D eigenvalue weighted by Crippen LogP contribution is -2.24. The highest BCUT2D eigenvalue weighted by molar-refractivity contribution is 5.75. The maximum absolute atomic E-state index is 11.5. The van der Waals surface area contributed by atoms with Gasteiger partial charge in [-0.15, -0.1) is 0 Å². The van der Waals surface area contributed by atoms with E-state index in [1.54, 1.807) is 0 Å². The zero-order valence-electron chi connectivity index (χ0n) is 11.9. The molecule has 6 N–H and O–H groups in total. The summed E-state index contributed by atoms with van der Waals surface area (Å²) in [5.74, 6) is 5.19. The predicted octanol–water partition coefficient (Wildman–Crippen LogP) is 0.674. The highest BCUT2D eigenvalue weighted by Crippen LogP contribution is 2.01. The molecule has 0 aromatic rings. The van der Waals surface area contributed by atoms with Crippen molar-refractivity contribution < 1.29 is 4.79 Å². The van der Waals surface area contributed by atoms with Gasteiger partial charge in [0, 0.05) is 19.5 Å². The van der Waals surface area contributed by atoms with E-state index >= 15 is 0 Å². The smallest absolute Gasteiger partial charge is 0.219 e. The molecule has 0 atom stereocenters. The molecule has 0 aliphatic heterocycles. The third-order valence-electron chi connectivity index (χ3n) is 2.81. The molecule has 0 fully saturated rings. The summed E-state index contributed by atoms with van der Waals surface area (Å²) in [5, 5.41) is 2.94. The number of carbonyl (C=O) groups excluding carboxylic acids is 1. The Morgan fingerprint density at radius 3 is 2.53 bits per heavy atom. The number of amides is 1. The molecule has 0 bridgehead atoms. The van der Waals surface area contributed by atoms with E-state index in [9.17, 15) is 4.79 Å². The van der Waals surface area contributed by atoms with Gasteiger partial charge in [0.15, 0.2) is 0 Å². The van der Waals surface area contributed by atoms with Crippen LogP contribution in [0.15, 0.2) is 4.99 Å². The Balaban J connectivity index is 3.19. The molecule has 0 saturated heterocycles. The highest BCUT2D eigenvalue weighted by Gasteiger charge is 1.99. The van der Waals surface area contributed by atoms with Crippen LogP contribution in [0.2, 0.25) is 0 Å². The SMILES string of the molecule is NCCCCCCNC(=O)CCCCCN=CNN. The average Bonchev–Trinajstić information content (AvgIpc) is 2.41. The molecule has 0 radical (unpaired) electrons. The molecule has 0 aliphatic rings. The van der Waals surface area contributed by atoms with Gasteiger partial charge in [0.05, 0.1) is 6.34 Å². The Kier molecular flexibility index (Phi) is 14.0. The number of nitrogens with two attached hydrogens (primary N) is 2. The molecule has 1 amide bonds. The van der Waals surface area contributed by atoms with Crippen molar-refractivity contribution in [2.75, 3.05) is 19.6 Å². The average molecular weight is 271 g/mol. The van der Waals surface area contributed by atoms with Gasteiger partial charge in [0.2, 0.25) is 5.91 Å². The third kappa shape index (κ3) is 14.8. The summed E-state index contributed by atoms with van der Waals surface area (Å²) in [6, 6.07) is 0. The molecule has 0 aliphatic carbocycles. The Morgan fingerprint density at radius 2 is 1.79 bits per heavy atom. The van der Waals surface area contributed by atoms with E-state index in [0.29, 0.717) is 6.42 Å². The molecule has 0 rings (SSSR count). The molecule has 0 unspecified atom stereocenters. The molecule has 19 heavy (non-hydrogen) atoms. The van der Waals surface area contributed by atoms with Crippen molar-refractivity contribution in [2.24, 2.45) is 16.6 Å². The Bertz CT molecular complexity index is 233. The number of nitrogens with one attached hydrogen (secondary N) is 2. The summed E-state index contributed by atoms with van der Waals surface area (Å²) >= 11 is 0. The topological polar surface area (TPSA) is 106 Å². The van der Waals surface area contributed by atoms with Crippen LogP contribution in [0.4, 0.5) is 0 Å². The normalized spacial score (nSPS) is 10.8. The number of carbonyl (C=O) groups is 1. The van der Waals surface area contributed by atoms with Crippen LogP contribution in [0, 0.1) is 0 Å². The second-order valence-corrected chi connectivity index (χ2v) is 4.57. The second kappa shape index (κ2) is 14.9. The molecule has 0 spiro atoms. The summed E-state index contributed by atoms with van der Waals surface area (Å²) in [6.07, 6.45) is 9.46. The molecular weight excluding hydrogens is 242 g/mol. The van der Waals surface area contributed by atoms with Gasteiger partial charge in [0.1, 0.15) is 0 Å². The number of hydrazine groups is 1. The fourth-order valence-corrected chi connectivity index (χ4v) is 1.72. The van der Waals surface area contributed by atoms with Crippen molar-refractivity contribution in [1.29, 1.82) is 0 Å². The number of nitrogens with zero attached hydrogens (tertiary/aromatic N) is 1. The zero-order valence-corrected chi connectivity index (χ0v) is 11.9. The summed E-state index contributed by atoms with van der Waals surface area (Å²) in [7, 11) is 0. The first kappa shape index (κ1) is 17.9. The van der Waals surface area contributed by atoms with Gasteiger partial charge in [-0.1, -0.05) is 19.3 Å². The molecular formula is C13H29N5O. The quantitative estimate of drug-likeness (QED) is 0.130. The predicted molar refractivity (Wildman–Crippen MR) is 79.7 cm³/mol. The second-order valence-electron chi connectivity index (χ2n) is 4.57. The number of aliphatic imine (C=N–C) groups is 1. The van der Waals surface area contributed by atoms with Gasteiger partial charge in [0.25, 0.3) is 0 Å². The minimum Gasteiger partial charge on any atom is -0.356 e. The molecule has 112 valence electrons. The molecule has 6 heteroatoms. The Hall–Kier alpha value is -1.14. The van der Waals surface area contributed by atoms with Crippen LogP contribution in [0.1, 0.15) is 51.4 Å². The van der Waals surface area contributed by atoms with Crippen LogP contribution in [0.25, 0.3) is 0 Å². The lowest BCUT2D eigenvalue weighted by atomic mass is 10.1. The molecule has 6 nitrogen and oxygen atoms in total. The van der Waals surface area contributed by atoms with E-state index < -0.39 is 0 Å².